The number of likely N-dealkylation sites (tertiary alicyclic amines) is 1. The number of aromatic nitrogens is 2. The number of carbonyl (C=O) groups is 2. The maximum Gasteiger partial charge on any atom is 0.246 e. The summed E-state index contributed by atoms with van der Waals surface area (Å²) in [5.74, 6) is 0.0264. The molecule has 2 amide bonds. The van der Waals surface area contributed by atoms with Crippen molar-refractivity contribution in [1.82, 2.24) is 15.1 Å². The predicted octanol–water partition coefficient (Wildman–Crippen LogP) is 2.79. The maximum atomic E-state index is 12.5. The first-order chi connectivity index (χ1) is 12.1. The van der Waals surface area contributed by atoms with Crippen molar-refractivity contribution in [3.63, 3.8) is 0 Å². The summed E-state index contributed by atoms with van der Waals surface area (Å²) in [6.45, 7) is 2.84. The zero-order valence-corrected chi connectivity index (χ0v) is 14.2. The molecule has 1 aliphatic rings. The normalized spacial score (nSPS) is 17.6. The minimum atomic E-state index is -0.128. The first-order valence-electron chi connectivity index (χ1n) is 8.46. The van der Waals surface area contributed by atoms with E-state index in [0.717, 1.165) is 30.6 Å². The fourth-order valence-corrected chi connectivity index (χ4v) is 3.15. The van der Waals surface area contributed by atoms with E-state index in [9.17, 15) is 9.59 Å². The number of anilines is 1. The van der Waals surface area contributed by atoms with Gasteiger partial charge in [0, 0.05) is 32.0 Å². The molecule has 2 aromatic rings. The van der Waals surface area contributed by atoms with E-state index < -0.39 is 0 Å². The van der Waals surface area contributed by atoms with Gasteiger partial charge >= 0.3 is 0 Å². The van der Waals surface area contributed by atoms with Gasteiger partial charge in [0.15, 0.2) is 0 Å². The number of amides is 2. The van der Waals surface area contributed by atoms with Gasteiger partial charge in [0.1, 0.15) is 0 Å². The Morgan fingerprint density at radius 3 is 2.88 bits per heavy atom. The van der Waals surface area contributed by atoms with Gasteiger partial charge in [-0.3, -0.25) is 14.7 Å². The summed E-state index contributed by atoms with van der Waals surface area (Å²) < 4.78 is 0. The van der Waals surface area contributed by atoms with E-state index in [-0.39, 0.29) is 17.7 Å². The van der Waals surface area contributed by atoms with Gasteiger partial charge in [0.2, 0.25) is 11.8 Å². The number of piperidine rings is 1. The lowest BCUT2D eigenvalue weighted by molar-refractivity contribution is -0.127. The average molecular weight is 338 g/mol. The lowest BCUT2D eigenvalue weighted by Gasteiger charge is -2.32. The maximum absolute atomic E-state index is 12.5. The smallest absolute Gasteiger partial charge is 0.246 e. The minimum Gasteiger partial charge on any atom is -0.338 e. The highest BCUT2D eigenvalue weighted by Crippen LogP contribution is 2.30. The Kier molecular flexibility index (Phi) is 5.28. The summed E-state index contributed by atoms with van der Waals surface area (Å²) in [5, 5.41) is 9.81. The number of aromatic amines is 1. The van der Waals surface area contributed by atoms with Crippen LogP contribution < -0.4 is 5.32 Å². The molecule has 0 bridgehead atoms. The lowest BCUT2D eigenvalue weighted by atomic mass is 9.94. The number of hydrogen-bond donors (Lipinski definition) is 2. The summed E-state index contributed by atoms with van der Waals surface area (Å²) in [5.41, 5.74) is 2.59. The number of rotatable bonds is 4. The third-order valence-electron chi connectivity index (χ3n) is 4.34. The van der Waals surface area contributed by atoms with Crippen molar-refractivity contribution in [3.8, 4) is 0 Å². The minimum absolute atomic E-state index is 0.00847. The molecule has 1 aromatic carbocycles. The number of nitrogens with zero attached hydrogens (tertiary/aromatic N) is 2. The third-order valence-corrected chi connectivity index (χ3v) is 4.34. The molecule has 1 atom stereocenters. The van der Waals surface area contributed by atoms with Crippen LogP contribution in [0.25, 0.3) is 6.08 Å². The summed E-state index contributed by atoms with van der Waals surface area (Å²) >= 11 is 0. The topological polar surface area (TPSA) is 78.1 Å². The zero-order chi connectivity index (χ0) is 17.6. The number of hydrogen-bond acceptors (Lipinski definition) is 3. The van der Waals surface area contributed by atoms with Crippen LogP contribution in [0.1, 0.15) is 36.9 Å². The van der Waals surface area contributed by atoms with Gasteiger partial charge in [-0.15, -0.1) is 0 Å². The van der Waals surface area contributed by atoms with E-state index in [0.29, 0.717) is 12.2 Å². The van der Waals surface area contributed by atoms with Crippen LogP contribution in [0.2, 0.25) is 0 Å². The van der Waals surface area contributed by atoms with Crippen molar-refractivity contribution in [3.05, 3.63) is 53.9 Å². The van der Waals surface area contributed by atoms with Crippen LogP contribution >= 0.6 is 0 Å². The van der Waals surface area contributed by atoms with Crippen LogP contribution in [0.3, 0.4) is 0 Å². The van der Waals surface area contributed by atoms with Crippen molar-refractivity contribution in [2.75, 3.05) is 18.4 Å². The Morgan fingerprint density at radius 2 is 2.12 bits per heavy atom. The van der Waals surface area contributed by atoms with Gasteiger partial charge in [0.25, 0.3) is 0 Å². The largest absolute Gasteiger partial charge is 0.338 e. The van der Waals surface area contributed by atoms with E-state index in [1.807, 2.05) is 41.3 Å². The second kappa shape index (κ2) is 7.79. The molecule has 1 unspecified atom stereocenters. The molecule has 1 saturated heterocycles. The van der Waals surface area contributed by atoms with Gasteiger partial charge in [-0.25, -0.2) is 0 Å². The van der Waals surface area contributed by atoms with Gasteiger partial charge in [-0.2, -0.15) is 5.10 Å². The third kappa shape index (κ3) is 4.35. The highest BCUT2D eigenvalue weighted by Gasteiger charge is 2.26. The standard InChI is InChI=1S/C19H22N4O2/c1-14(24)21-17-12-20-22-19(17)16-8-5-11-23(13-16)18(25)10-9-15-6-3-2-4-7-15/h2-4,6-7,9-10,12,16H,5,8,11,13H2,1H3,(H,20,22)(H,21,24)/b10-9+. The van der Waals surface area contributed by atoms with Crippen LogP contribution in [-0.2, 0) is 9.59 Å². The number of carbonyl (C=O) groups excluding carboxylic acids is 2. The first-order valence-corrected chi connectivity index (χ1v) is 8.46. The van der Waals surface area contributed by atoms with E-state index in [1.54, 1.807) is 12.3 Å². The number of H-pyrrole nitrogens is 1. The quantitative estimate of drug-likeness (QED) is 0.842. The molecule has 1 fully saturated rings. The second-order valence-corrected chi connectivity index (χ2v) is 6.25. The molecule has 0 spiro atoms. The van der Waals surface area contributed by atoms with E-state index in [2.05, 4.69) is 15.5 Å². The monoisotopic (exact) mass is 338 g/mol. The zero-order valence-electron chi connectivity index (χ0n) is 14.2. The van der Waals surface area contributed by atoms with Crippen molar-refractivity contribution in [2.45, 2.75) is 25.7 Å². The van der Waals surface area contributed by atoms with Crippen molar-refractivity contribution in [1.29, 1.82) is 0 Å². The van der Waals surface area contributed by atoms with Crippen molar-refractivity contribution in [2.24, 2.45) is 0 Å². The first kappa shape index (κ1) is 17.0. The molecule has 6 heteroatoms. The Balaban J connectivity index is 1.67. The lowest BCUT2D eigenvalue weighted by Crippen LogP contribution is -2.38. The molecule has 3 rings (SSSR count). The molecule has 25 heavy (non-hydrogen) atoms. The fourth-order valence-electron chi connectivity index (χ4n) is 3.15. The SMILES string of the molecule is CC(=O)Nc1cn[nH]c1C1CCCN(C(=O)/C=C/c2ccccc2)C1. The summed E-state index contributed by atoms with van der Waals surface area (Å²) in [4.78, 5) is 25.7. The molecular weight excluding hydrogens is 316 g/mol. The molecule has 2 N–H and O–H groups in total. The van der Waals surface area contributed by atoms with Gasteiger partial charge in [-0.05, 0) is 24.5 Å². The Morgan fingerprint density at radius 1 is 1.32 bits per heavy atom. The second-order valence-electron chi connectivity index (χ2n) is 6.25. The molecule has 0 aliphatic carbocycles. The molecule has 6 nitrogen and oxygen atoms in total. The van der Waals surface area contributed by atoms with Crippen molar-refractivity contribution < 1.29 is 9.59 Å². The Bertz CT molecular complexity index is 767. The Labute approximate surface area is 146 Å². The van der Waals surface area contributed by atoms with Crippen molar-refractivity contribution >= 4 is 23.6 Å². The van der Waals surface area contributed by atoms with E-state index in [1.165, 1.54) is 6.92 Å². The van der Waals surface area contributed by atoms with Gasteiger partial charge < -0.3 is 10.2 Å². The Hall–Kier alpha value is -2.89. The summed E-state index contributed by atoms with van der Waals surface area (Å²) in [6.07, 6.45) is 6.96. The van der Waals surface area contributed by atoms with Crippen LogP contribution in [0, 0.1) is 0 Å². The molecule has 130 valence electrons. The summed E-state index contributed by atoms with van der Waals surface area (Å²) in [6, 6.07) is 9.78. The molecule has 2 heterocycles. The van der Waals surface area contributed by atoms with Gasteiger partial charge in [-0.1, -0.05) is 30.3 Å². The molecule has 1 aliphatic heterocycles. The molecule has 1 aromatic heterocycles. The average Bonchev–Trinajstić information content (AvgIpc) is 3.08. The van der Waals surface area contributed by atoms with Crippen LogP contribution in [0.15, 0.2) is 42.6 Å². The predicted molar refractivity (Wildman–Crippen MR) is 96.9 cm³/mol. The highest BCUT2D eigenvalue weighted by atomic mass is 16.2. The molecule has 0 radical (unpaired) electrons. The van der Waals surface area contributed by atoms with Crippen LogP contribution in [0.4, 0.5) is 5.69 Å². The van der Waals surface area contributed by atoms with E-state index >= 15 is 0 Å². The highest BCUT2D eigenvalue weighted by molar-refractivity contribution is 5.92. The van der Waals surface area contributed by atoms with E-state index in [4.69, 9.17) is 0 Å². The molecule has 0 saturated carbocycles. The van der Waals surface area contributed by atoms with Crippen LogP contribution in [-0.4, -0.2) is 40.0 Å². The molecular formula is C19H22N4O2. The number of benzene rings is 1. The van der Waals surface area contributed by atoms with Gasteiger partial charge in [0.05, 0.1) is 17.6 Å². The number of nitrogens with one attached hydrogen (secondary N) is 2. The van der Waals surface area contributed by atoms with Crippen LogP contribution in [0.5, 0.6) is 0 Å². The fraction of sp³-hybridized carbons (Fsp3) is 0.316. The summed E-state index contributed by atoms with van der Waals surface area (Å²) in [7, 11) is 0.